The van der Waals surface area contributed by atoms with E-state index in [1.54, 1.807) is 0 Å². The molecule has 0 amide bonds. The Labute approximate surface area is 83.8 Å². The summed E-state index contributed by atoms with van der Waals surface area (Å²) < 4.78 is 1.95. The molecule has 2 rings (SSSR count). The summed E-state index contributed by atoms with van der Waals surface area (Å²) in [5, 5.41) is 0. The monoisotopic (exact) mass is 189 g/mol. The molecule has 0 bridgehead atoms. The molecule has 0 unspecified atom stereocenters. The van der Waals surface area contributed by atoms with Crippen LogP contribution in [0.4, 0.5) is 0 Å². The van der Waals surface area contributed by atoms with Gasteiger partial charge in [0.15, 0.2) is 0 Å². The first-order valence-corrected chi connectivity index (χ1v) is 4.80. The van der Waals surface area contributed by atoms with Crippen molar-refractivity contribution < 1.29 is 0 Å². The summed E-state index contributed by atoms with van der Waals surface area (Å²) >= 11 is 0. The standard InChI is InChI=1S/C11H15N3/c1-8-7-14-6-5-9(11(2,3)4)13-10(14)12-8/h5-7H,1-4H3. The van der Waals surface area contributed by atoms with Crippen LogP contribution in [0.25, 0.3) is 5.78 Å². The first-order valence-electron chi connectivity index (χ1n) is 4.80. The van der Waals surface area contributed by atoms with Gasteiger partial charge in [-0.05, 0) is 13.0 Å². The third-order valence-corrected chi connectivity index (χ3v) is 2.22. The van der Waals surface area contributed by atoms with Crippen molar-refractivity contribution in [2.75, 3.05) is 0 Å². The highest BCUT2D eigenvalue weighted by atomic mass is 15.1. The molecule has 3 heteroatoms. The maximum Gasteiger partial charge on any atom is 0.234 e. The SMILES string of the molecule is Cc1cn2ccc(C(C)(C)C)nc2n1. The molecule has 0 aliphatic rings. The minimum Gasteiger partial charge on any atom is -0.291 e. The highest BCUT2D eigenvalue weighted by Crippen LogP contribution is 2.19. The van der Waals surface area contributed by atoms with E-state index >= 15 is 0 Å². The largest absolute Gasteiger partial charge is 0.291 e. The van der Waals surface area contributed by atoms with Crippen LogP contribution in [-0.4, -0.2) is 14.4 Å². The molecule has 0 aliphatic carbocycles. The number of aryl methyl sites for hydroxylation is 1. The molecular weight excluding hydrogens is 174 g/mol. The van der Waals surface area contributed by atoms with Crippen LogP contribution in [0.15, 0.2) is 18.5 Å². The lowest BCUT2D eigenvalue weighted by Crippen LogP contribution is -2.13. The first-order chi connectivity index (χ1) is 6.47. The van der Waals surface area contributed by atoms with Gasteiger partial charge in [-0.2, -0.15) is 0 Å². The third kappa shape index (κ3) is 1.50. The van der Waals surface area contributed by atoms with Crippen molar-refractivity contribution in [1.29, 1.82) is 0 Å². The minimum atomic E-state index is 0.0849. The zero-order valence-corrected chi connectivity index (χ0v) is 9.07. The maximum atomic E-state index is 4.52. The van der Waals surface area contributed by atoms with Crippen LogP contribution in [0.1, 0.15) is 32.2 Å². The second kappa shape index (κ2) is 2.80. The van der Waals surface area contributed by atoms with E-state index in [-0.39, 0.29) is 5.41 Å². The van der Waals surface area contributed by atoms with Gasteiger partial charge in [-0.25, -0.2) is 9.97 Å². The average molecular weight is 189 g/mol. The Morgan fingerprint density at radius 3 is 2.57 bits per heavy atom. The average Bonchev–Trinajstić information content (AvgIpc) is 2.41. The van der Waals surface area contributed by atoms with Crippen molar-refractivity contribution in [2.45, 2.75) is 33.1 Å². The summed E-state index contributed by atoms with van der Waals surface area (Å²) in [4.78, 5) is 8.86. The van der Waals surface area contributed by atoms with E-state index < -0.39 is 0 Å². The summed E-state index contributed by atoms with van der Waals surface area (Å²) in [7, 11) is 0. The molecule has 0 atom stereocenters. The molecule has 14 heavy (non-hydrogen) atoms. The lowest BCUT2D eigenvalue weighted by molar-refractivity contribution is 0.568. The third-order valence-electron chi connectivity index (χ3n) is 2.22. The molecule has 0 radical (unpaired) electrons. The quantitative estimate of drug-likeness (QED) is 0.636. The second-order valence-corrected chi connectivity index (χ2v) is 4.65. The Hall–Kier alpha value is -1.38. The Kier molecular flexibility index (Phi) is 1.84. The first kappa shape index (κ1) is 9.19. The highest BCUT2D eigenvalue weighted by molar-refractivity contribution is 5.33. The van der Waals surface area contributed by atoms with Crippen LogP contribution in [0.3, 0.4) is 0 Å². The fourth-order valence-corrected chi connectivity index (χ4v) is 1.41. The number of fused-ring (bicyclic) bond motifs is 1. The molecule has 0 spiro atoms. The molecule has 3 nitrogen and oxygen atoms in total. The van der Waals surface area contributed by atoms with Crippen LogP contribution < -0.4 is 0 Å². The normalized spacial score (nSPS) is 12.3. The van der Waals surface area contributed by atoms with E-state index in [4.69, 9.17) is 0 Å². The number of aromatic nitrogens is 3. The number of nitrogens with zero attached hydrogens (tertiary/aromatic N) is 3. The van der Waals surface area contributed by atoms with E-state index in [0.29, 0.717) is 0 Å². The molecule has 2 heterocycles. The van der Waals surface area contributed by atoms with Crippen molar-refractivity contribution in [3.8, 4) is 0 Å². The molecule has 0 aliphatic heterocycles. The molecular formula is C11H15N3. The molecule has 0 saturated carbocycles. The summed E-state index contributed by atoms with van der Waals surface area (Å²) in [6.07, 6.45) is 4.00. The van der Waals surface area contributed by atoms with Crippen LogP contribution in [-0.2, 0) is 5.41 Å². The van der Waals surface area contributed by atoms with Gasteiger partial charge in [0.2, 0.25) is 5.78 Å². The van der Waals surface area contributed by atoms with E-state index in [2.05, 4.69) is 30.7 Å². The molecule has 0 aromatic carbocycles. The lowest BCUT2D eigenvalue weighted by atomic mass is 9.92. The van der Waals surface area contributed by atoms with E-state index in [1.807, 2.05) is 29.8 Å². The fraction of sp³-hybridized carbons (Fsp3) is 0.455. The summed E-state index contributed by atoms with van der Waals surface area (Å²) in [5.41, 5.74) is 2.17. The molecule has 0 fully saturated rings. The van der Waals surface area contributed by atoms with Gasteiger partial charge < -0.3 is 0 Å². The smallest absolute Gasteiger partial charge is 0.234 e. The Morgan fingerprint density at radius 1 is 1.21 bits per heavy atom. The molecule has 2 aromatic rings. The van der Waals surface area contributed by atoms with Crippen LogP contribution in [0.5, 0.6) is 0 Å². The van der Waals surface area contributed by atoms with Crippen molar-refractivity contribution in [2.24, 2.45) is 0 Å². The lowest BCUT2D eigenvalue weighted by Gasteiger charge is -2.16. The summed E-state index contributed by atoms with van der Waals surface area (Å²) in [6.45, 7) is 8.44. The second-order valence-electron chi connectivity index (χ2n) is 4.65. The number of hydrogen-bond acceptors (Lipinski definition) is 2. The van der Waals surface area contributed by atoms with Gasteiger partial charge in [0, 0.05) is 17.8 Å². The number of rotatable bonds is 0. The Morgan fingerprint density at radius 2 is 1.93 bits per heavy atom. The highest BCUT2D eigenvalue weighted by Gasteiger charge is 2.15. The minimum absolute atomic E-state index is 0.0849. The van der Waals surface area contributed by atoms with Gasteiger partial charge >= 0.3 is 0 Å². The van der Waals surface area contributed by atoms with Gasteiger partial charge in [0.1, 0.15) is 0 Å². The van der Waals surface area contributed by atoms with Crippen LogP contribution in [0, 0.1) is 6.92 Å². The van der Waals surface area contributed by atoms with Crippen LogP contribution in [0.2, 0.25) is 0 Å². The molecule has 0 saturated heterocycles. The Balaban J connectivity index is 2.62. The van der Waals surface area contributed by atoms with Crippen molar-refractivity contribution in [1.82, 2.24) is 14.4 Å². The van der Waals surface area contributed by atoms with E-state index in [1.165, 1.54) is 0 Å². The zero-order chi connectivity index (χ0) is 10.3. The topological polar surface area (TPSA) is 30.2 Å². The fourth-order valence-electron chi connectivity index (χ4n) is 1.41. The number of imidazole rings is 1. The Bertz CT molecular complexity index is 463. The molecule has 74 valence electrons. The number of hydrogen-bond donors (Lipinski definition) is 0. The van der Waals surface area contributed by atoms with E-state index in [0.717, 1.165) is 17.2 Å². The van der Waals surface area contributed by atoms with Gasteiger partial charge in [-0.15, -0.1) is 0 Å². The molecule has 2 aromatic heterocycles. The van der Waals surface area contributed by atoms with Crippen molar-refractivity contribution >= 4 is 5.78 Å². The predicted molar refractivity (Wildman–Crippen MR) is 56.4 cm³/mol. The van der Waals surface area contributed by atoms with Crippen molar-refractivity contribution in [3.05, 3.63) is 29.8 Å². The predicted octanol–water partition coefficient (Wildman–Crippen LogP) is 2.34. The van der Waals surface area contributed by atoms with Crippen LogP contribution >= 0.6 is 0 Å². The van der Waals surface area contributed by atoms with Gasteiger partial charge in [-0.3, -0.25) is 4.40 Å². The maximum absolute atomic E-state index is 4.52. The van der Waals surface area contributed by atoms with Gasteiger partial charge in [-0.1, -0.05) is 20.8 Å². The summed E-state index contributed by atoms with van der Waals surface area (Å²) in [6, 6.07) is 2.05. The van der Waals surface area contributed by atoms with E-state index in [9.17, 15) is 0 Å². The van der Waals surface area contributed by atoms with Gasteiger partial charge in [0.25, 0.3) is 0 Å². The van der Waals surface area contributed by atoms with Crippen molar-refractivity contribution in [3.63, 3.8) is 0 Å². The van der Waals surface area contributed by atoms with Gasteiger partial charge in [0.05, 0.1) is 11.4 Å². The molecule has 0 N–H and O–H groups in total. The summed E-state index contributed by atoms with van der Waals surface area (Å²) in [5.74, 6) is 0.787. The zero-order valence-electron chi connectivity index (χ0n) is 9.07.